The maximum Gasteiger partial charge on any atom is 0.231 e. The summed E-state index contributed by atoms with van der Waals surface area (Å²) in [5, 5.41) is 0. The van der Waals surface area contributed by atoms with Crippen LogP contribution in [0.25, 0.3) is 0 Å². The van der Waals surface area contributed by atoms with Gasteiger partial charge in [0.2, 0.25) is 5.78 Å². The van der Waals surface area contributed by atoms with Crippen molar-refractivity contribution in [3.8, 4) is 0 Å². The molecule has 0 atom stereocenters. The predicted octanol–water partition coefficient (Wildman–Crippen LogP) is 0.824. The summed E-state index contributed by atoms with van der Waals surface area (Å²) in [5.74, 6) is 0.551. The SMILES string of the molecule is O=C1c2coc1c2. The molecule has 0 saturated heterocycles. The molecule has 2 heteroatoms. The lowest BCUT2D eigenvalue weighted by molar-refractivity contribution is 0.101. The van der Waals surface area contributed by atoms with Gasteiger partial charge in [-0.05, 0) is 6.07 Å². The molecule has 1 aromatic heterocycles. The van der Waals surface area contributed by atoms with Crippen LogP contribution in [-0.4, -0.2) is 5.78 Å². The molecule has 2 aliphatic rings. The van der Waals surface area contributed by atoms with Crippen LogP contribution in [-0.2, 0) is 0 Å². The first-order valence-corrected chi connectivity index (χ1v) is 2.01. The van der Waals surface area contributed by atoms with Crippen LogP contribution in [0.2, 0.25) is 0 Å². The van der Waals surface area contributed by atoms with E-state index in [4.69, 9.17) is 0 Å². The standard InChI is InChI=1S/C5H2O2/c6-5-3-1-4(5)7-2-3/h1-2H. The third-order valence-electron chi connectivity index (χ3n) is 1.09. The molecule has 3 rings (SSSR count). The minimum absolute atomic E-state index is 0.0556. The quantitative estimate of drug-likeness (QED) is 0.483. The van der Waals surface area contributed by atoms with Crippen molar-refractivity contribution < 1.29 is 9.21 Å². The van der Waals surface area contributed by atoms with Gasteiger partial charge >= 0.3 is 0 Å². The van der Waals surface area contributed by atoms with E-state index >= 15 is 0 Å². The summed E-state index contributed by atoms with van der Waals surface area (Å²) >= 11 is 0. The van der Waals surface area contributed by atoms with E-state index in [1.54, 1.807) is 6.07 Å². The van der Waals surface area contributed by atoms with E-state index < -0.39 is 0 Å². The second-order valence-electron chi connectivity index (χ2n) is 1.53. The van der Waals surface area contributed by atoms with Gasteiger partial charge in [0, 0.05) is 0 Å². The first-order valence-electron chi connectivity index (χ1n) is 2.01. The van der Waals surface area contributed by atoms with Crippen LogP contribution >= 0.6 is 0 Å². The first-order chi connectivity index (χ1) is 3.38. The van der Waals surface area contributed by atoms with Crippen molar-refractivity contribution in [3.63, 3.8) is 0 Å². The van der Waals surface area contributed by atoms with Crippen molar-refractivity contribution in [3.05, 3.63) is 23.7 Å². The Morgan fingerprint density at radius 1 is 1.57 bits per heavy atom. The second kappa shape index (κ2) is 0.644. The largest absolute Gasteiger partial charge is 0.460 e. The van der Waals surface area contributed by atoms with Crippen LogP contribution in [0.15, 0.2) is 16.7 Å². The van der Waals surface area contributed by atoms with Crippen LogP contribution in [0.1, 0.15) is 16.1 Å². The number of ketones is 1. The van der Waals surface area contributed by atoms with E-state index in [0.717, 1.165) is 0 Å². The average Bonchev–Trinajstić information content (AvgIpc) is 2.18. The third kappa shape index (κ3) is 0.169. The molecule has 0 amide bonds. The Morgan fingerprint density at radius 3 is 2.57 bits per heavy atom. The Balaban J connectivity index is 2.91. The molecule has 34 valence electrons. The highest BCUT2D eigenvalue weighted by Gasteiger charge is 2.24. The van der Waals surface area contributed by atoms with Crippen molar-refractivity contribution in [1.82, 2.24) is 0 Å². The van der Waals surface area contributed by atoms with Crippen LogP contribution in [0, 0.1) is 0 Å². The molecule has 0 unspecified atom stereocenters. The van der Waals surface area contributed by atoms with Crippen molar-refractivity contribution in [2.45, 2.75) is 0 Å². The summed E-state index contributed by atoms with van der Waals surface area (Å²) in [4.78, 5) is 10.4. The lowest BCUT2D eigenvalue weighted by Gasteiger charge is -1.92. The number of rotatable bonds is 0. The second-order valence-corrected chi connectivity index (χ2v) is 1.53. The van der Waals surface area contributed by atoms with Gasteiger partial charge in [-0.2, -0.15) is 0 Å². The van der Waals surface area contributed by atoms with Crippen LogP contribution in [0.4, 0.5) is 0 Å². The monoisotopic (exact) mass is 94.0 g/mol. The van der Waals surface area contributed by atoms with Gasteiger partial charge in [0.1, 0.15) is 6.26 Å². The predicted molar refractivity (Wildman–Crippen MR) is 22.1 cm³/mol. The molecule has 2 bridgehead atoms. The molecule has 1 aliphatic heterocycles. The summed E-state index contributed by atoms with van der Waals surface area (Å²) < 4.78 is 4.69. The van der Waals surface area contributed by atoms with Crippen LogP contribution < -0.4 is 0 Å². The van der Waals surface area contributed by atoms with Gasteiger partial charge in [-0.1, -0.05) is 0 Å². The lowest BCUT2D eigenvalue weighted by Crippen LogP contribution is -2.02. The number of hydrogen-bond acceptors (Lipinski definition) is 2. The summed E-state index contributed by atoms with van der Waals surface area (Å²) in [6.07, 6.45) is 1.47. The summed E-state index contributed by atoms with van der Waals surface area (Å²) in [6, 6.07) is 1.72. The van der Waals surface area contributed by atoms with Crippen LogP contribution in [0.5, 0.6) is 0 Å². The smallest absolute Gasteiger partial charge is 0.231 e. The Kier molecular flexibility index (Phi) is 0.278. The minimum atomic E-state index is 0.0556. The topological polar surface area (TPSA) is 30.2 Å². The van der Waals surface area contributed by atoms with Crippen molar-refractivity contribution in [1.29, 1.82) is 0 Å². The molecule has 0 fully saturated rings. The number of carbonyl (C=O) groups excluding carboxylic acids is 1. The van der Waals surface area contributed by atoms with Gasteiger partial charge in [-0.25, -0.2) is 0 Å². The third-order valence-corrected chi connectivity index (χ3v) is 1.09. The summed E-state index contributed by atoms with van der Waals surface area (Å²) in [7, 11) is 0. The summed E-state index contributed by atoms with van der Waals surface area (Å²) in [5.41, 5.74) is 0.704. The van der Waals surface area contributed by atoms with Gasteiger partial charge in [0.25, 0.3) is 0 Å². The Bertz CT molecular complexity index is 194. The lowest BCUT2D eigenvalue weighted by atomic mass is 10.1. The van der Waals surface area contributed by atoms with E-state index in [9.17, 15) is 4.79 Å². The molecule has 1 aromatic rings. The zero-order valence-corrected chi connectivity index (χ0v) is 3.47. The highest BCUT2D eigenvalue weighted by Crippen LogP contribution is 2.21. The number of furan rings is 1. The van der Waals surface area contributed by atoms with Crippen molar-refractivity contribution >= 4 is 5.78 Å². The first kappa shape index (κ1) is 3.02. The normalized spacial score (nSPS) is 14.0. The van der Waals surface area contributed by atoms with Gasteiger partial charge in [-0.3, -0.25) is 4.79 Å². The minimum Gasteiger partial charge on any atom is -0.460 e. The highest BCUT2D eigenvalue weighted by molar-refractivity contribution is 6.14. The van der Waals surface area contributed by atoms with E-state index in [1.165, 1.54) is 6.26 Å². The van der Waals surface area contributed by atoms with Gasteiger partial charge in [0.05, 0.1) is 5.56 Å². The maximum atomic E-state index is 10.4. The fraction of sp³-hybridized carbons (Fsp3) is 0. The fourth-order valence-electron chi connectivity index (χ4n) is 0.639. The highest BCUT2D eigenvalue weighted by atomic mass is 16.3. The van der Waals surface area contributed by atoms with E-state index in [1.807, 2.05) is 0 Å². The maximum absolute atomic E-state index is 10.4. The van der Waals surface area contributed by atoms with E-state index in [0.29, 0.717) is 11.3 Å². The Morgan fingerprint density at radius 2 is 2.43 bits per heavy atom. The van der Waals surface area contributed by atoms with Crippen molar-refractivity contribution in [2.24, 2.45) is 0 Å². The molecule has 0 aromatic carbocycles. The van der Waals surface area contributed by atoms with Gasteiger partial charge < -0.3 is 4.42 Å². The molecular weight excluding hydrogens is 92.1 g/mol. The zero-order valence-electron chi connectivity index (χ0n) is 3.47. The summed E-state index contributed by atoms with van der Waals surface area (Å²) in [6.45, 7) is 0. The molecule has 0 saturated carbocycles. The Hall–Kier alpha value is -1.05. The molecule has 0 N–H and O–H groups in total. The molecular formula is C5H2O2. The van der Waals surface area contributed by atoms with Crippen molar-refractivity contribution in [2.75, 3.05) is 0 Å². The molecule has 1 aliphatic carbocycles. The van der Waals surface area contributed by atoms with Crippen LogP contribution in [0.3, 0.4) is 0 Å². The average molecular weight is 94.1 g/mol. The molecule has 2 heterocycles. The molecule has 0 radical (unpaired) electrons. The fourth-order valence-corrected chi connectivity index (χ4v) is 0.639. The zero-order chi connectivity index (χ0) is 4.85. The number of fused-ring (bicyclic) bond motifs is 1. The van der Waals surface area contributed by atoms with E-state index in [2.05, 4.69) is 4.42 Å². The number of carbonyl (C=O) groups is 1. The molecule has 2 nitrogen and oxygen atoms in total. The Labute approximate surface area is 39.7 Å². The van der Waals surface area contributed by atoms with E-state index in [-0.39, 0.29) is 5.78 Å². The number of hydrogen-bond donors (Lipinski definition) is 0. The van der Waals surface area contributed by atoms with Gasteiger partial charge in [0.15, 0.2) is 5.76 Å². The molecule has 0 spiro atoms. The molecule has 7 heavy (non-hydrogen) atoms. The van der Waals surface area contributed by atoms with Gasteiger partial charge in [-0.15, -0.1) is 0 Å².